The molecule has 1 fully saturated rings. The molecular formula is C12H20N2O2. The number of hydrogen-bond donors (Lipinski definition) is 1. The van der Waals surface area contributed by atoms with Crippen LogP contribution in [-0.4, -0.2) is 33.7 Å². The Kier molecular flexibility index (Phi) is 3.30. The molecule has 2 rings (SSSR count). The zero-order valence-corrected chi connectivity index (χ0v) is 10.0. The van der Waals surface area contributed by atoms with Crippen molar-refractivity contribution in [3.05, 3.63) is 18.0 Å². The minimum atomic E-state index is -0.609. The van der Waals surface area contributed by atoms with Gasteiger partial charge in [0.05, 0.1) is 17.9 Å². The van der Waals surface area contributed by atoms with Crippen molar-refractivity contribution in [3.8, 4) is 0 Å². The summed E-state index contributed by atoms with van der Waals surface area (Å²) in [5.74, 6) is 0. The fraction of sp³-hybridized carbons (Fsp3) is 0.750. The molecule has 0 aromatic carbocycles. The largest absolute Gasteiger partial charge is 0.389 e. The molecule has 0 aliphatic heterocycles. The molecular weight excluding hydrogens is 204 g/mol. The fourth-order valence-electron chi connectivity index (χ4n) is 2.59. The van der Waals surface area contributed by atoms with Crippen LogP contribution in [0.25, 0.3) is 0 Å². The van der Waals surface area contributed by atoms with Gasteiger partial charge in [0.2, 0.25) is 0 Å². The first-order valence-corrected chi connectivity index (χ1v) is 5.84. The summed E-state index contributed by atoms with van der Waals surface area (Å²) in [4.78, 5) is 0. The van der Waals surface area contributed by atoms with E-state index in [-0.39, 0.29) is 6.10 Å². The van der Waals surface area contributed by atoms with Crippen molar-refractivity contribution in [3.63, 3.8) is 0 Å². The number of ether oxygens (including phenoxy) is 1. The molecule has 4 heteroatoms. The molecule has 4 nitrogen and oxygen atoms in total. The van der Waals surface area contributed by atoms with Crippen molar-refractivity contribution >= 4 is 0 Å². The van der Waals surface area contributed by atoms with E-state index in [2.05, 4.69) is 5.10 Å². The highest BCUT2D eigenvalue weighted by Gasteiger charge is 2.34. The normalized spacial score (nSPS) is 30.6. The summed E-state index contributed by atoms with van der Waals surface area (Å²) in [5, 5.41) is 14.6. The predicted molar refractivity (Wildman–Crippen MR) is 61.1 cm³/mol. The zero-order chi connectivity index (χ0) is 11.6. The van der Waals surface area contributed by atoms with Gasteiger partial charge in [-0.05, 0) is 24.8 Å². The summed E-state index contributed by atoms with van der Waals surface area (Å²) < 4.78 is 7.12. The summed E-state index contributed by atoms with van der Waals surface area (Å²) in [7, 11) is 3.62. The molecule has 1 heterocycles. The van der Waals surface area contributed by atoms with Crippen LogP contribution in [0.3, 0.4) is 0 Å². The lowest BCUT2D eigenvalue weighted by molar-refractivity contribution is -0.0581. The highest BCUT2D eigenvalue weighted by Crippen LogP contribution is 2.32. The van der Waals surface area contributed by atoms with E-state index < -0.39 is 5.60 Å². The van der Waals surface area contributed by atoms with Crippen LogP contribution in [0, 0.1) is 0 Å². The first-order chi connectivity index (χ1) is 7.61. The number of aryl methyl sites for hydroxylation is 1. The van der Waals surface area contributed by atoms with Gasteiger partial charge in [-0.2, -0.15) is 5.10 Å². The molecule has 1 N–H and O–H groups in total. The van der Waals surface area contributed by atoms with Crippen LogP contribution in [0.4, 0.5) is 0 Å². The Hall–Kier alpha value is -0.870. The van der Waals surface area contributed by atoms with Crippen molar-refractivity contribution in [2.45, 2.75) is 43.8 Å². The third kappa shape index (κ3) is 2.62. The van der Waals surface area contributed by atoms with Crippen LogP contribution in [0.1, 0.15) is 31.2 Å². The van der Waals surface area contributed by atoms with Gasteiger partial charge in [0, 0.05) is 33.2 Å². The molecule has 0 saturated heterocycles. The number of nitrogens with zero attached hydrogens (tertiary/aromatic N) is 2. The van der Waals surface area contributed by atoms with Crippen LogP contribution >= 0.6 is 0 Å². The van der Waals surface area contributed by atoms with E-state index in [1.807, 2.05) is 19.4 Å². The van der Waals surface area contributed by atoms with E-state index in [4.69, 9.17) is 4.74 Å². The van der Waals surface area contributed by atoms with Crippen molar-refractivity contribution in [1.82, 2.24) is 9.78 Å². The van der Waals surface area contributed by atoms with Gasteiger partial charge in [-0.1, -0.05) is 0 Å². The smallest absolute Gasteiger partial charge is 0.0713 e. The maximum Gasteiger partial charge on any atom is 0.0713 e. The third-order valence-corrected chi connectivity index (χ3v) is 3.40. The lowest BCUT2D eigenvalue weighted by atomic mass is 9.79. The van der Waals surface area contributed by atoms with Gasteiger partial charge in [0.1, 0.15) is 0 Å². The molecule has 2 atom stereocenters. The van der Waals surface area contributed by atoms with Gasteiger partial charge >= 0.3 is 0 Å². The van der Waals surface area contributed by atoms with Gasteiger partial charge in [0.25, 0.3) is 0 Å². The molecule has 1 aromatic heterocycles. The molecule has 2 unspecified atom stereocenters. The summed E-state index contributed by atoms with van der Waals surface area (Å²) in [6, 6.07) is 0. The number of rotatable bonds is 3. The molecule has 0 amide bonds. The predicted octanol–water partition coefficient (Wildman–Crippen LogP) is 1.28. The summed E-state index contributed by atoms with van der Waals surface area (Å²) >= 11 is 0. The molecule has 1 aliphatic rings. The third-order valence-electron chi connectivity index (χ3n) is 3.40. The Balaban J connectivity index is 2.01. The fourth-order valence-corrected chi connectivity index (χ4v) is 2.59. The number of hydrogen-bond acceptors (Lipinski definition) is 3. The highest BCUT2D eigenvalue weighted by molar-refractivity contribution is 5.09. The quantitative estimate of drug-likeness (QED) is 0.841. The zero-order valence-electron chi connectivity index (χ0n) is 10.0. The van der Waals surface area contributed by atoms with Crippen molar-refractivity contribution in [2.75, 3.05) is 7.11 Å². The molecule has 1 aliphatic carbocycles. The van der Waals surface area contributed by atoms with Gasteiger partial charge in [-0.15, -0.1) is 0 Å². The molecule has 90 valence electrons. The summed E-state index contributed by atoms with van der Waals surface area (Å²) in [6.07, 6.45) is 8.38. The van der Waals surface area contributed by atoms with Crippen molar-refractivity contribution in [1.29, 1.82) is 0 Å². The van der Waals surface area contributed by atoms with Gasteiger partial charge in [-0.3, -0.25) is 4.68 Å². The van der Waals surface area contributed by atoms with Crippen LogP contribution in [0.5, 0.6) is 0 Å². The van der Waals surface area contributed by atoms with Crippen molar-refractivity contribution in [2.24, 2.45) is 7.05 Å². The highest BCUT2D eigenvalue weighted by atomic mass is 16.5. The first-order valence-electron chi connectivity index (χ1n) is 5.84. The van der Waals surface area contributed by atoms with E-state index in [1.165, 1.54) is 0 Å². The van der Waals surface area contributed by atoms with Crippen LogP contribution in [0.2, 0.25) is 0 Å². The lowest BCUT2D eigenvalue weighted by Crippen LogP contribution is -2.40. The first kappa shape index (κ1) is 11.6. The van der Waals surface area contributed by atoms with Crippen molar-refractivity contribution < 1.29 is 9.84 Å². The van der Waals surface area contributed by atoms with Crippen LogP contribution < -0.4 is 0 Å². The van der Waals surface area contributed by atoms with Gasteiger partial charge < -0.3 is 9.84 Å². The second-order valence-corrected chi connectivity index (χ2v) is 4.88. The Morgan fingerprint density at radius 2 is 2.50 bits per heavy atom. The molecule has 1 saturated carbocycles. The minimum Gasteiger partial charge on any atom is -0.389 e. The molecule has 0 spiro atoms. The second-order valence-electron chi connectivity index (χ2n) is 4.88. The standard InChI is InChI=1S/C12H20N2O2/c1-14-9-10(8-13-14)6-12(15)5-3-4-11(7-12)16-2/h8-9,11,15H,3-7H2,1-2H3. The number of aromatic nitrogens is 2. The molecule has 1 aromatic rings. The van der Waals surface area contributed by atoms with Gasteiger partial charge in [-0.25, -0.2) is 0 Å². The van der Waals surface area contributed by atoms with Crippen LogP contribution in [-0.2, 0) is 18.2 Å². The number of aliphatic hydroxyl groups is 1. The van der Waals surface area contributed by atoms with E-state index in [0.29, 0.717) is 6.42 Å². The minimum absolute atomic E-state index is 0.204. The Morgan fingerprint density at radius 1 is 1.69 bits per heavy atom. The van der Waals surface area contributed by atoms with Gasteiger partial charge in [0.15, 0.2) is 0 Å². The summed E-state index contributed by atoms with van der Waals surface area (Å²) in [5.41, 5.74) is 0.490. The lowest BCUT2D eigenvalue weighted by Gasteiger charge is -2.36. The SMILES string of the molecule is COC1CCCC(O)(Cc2cnn(C)c2)C1. The second kappa shape index (κ2) is 4.55. The van der Waals surface area contributed by atoms with Crippen LogP contribution in [0.15, 0.2) is 12.4 Å². The average molecular weight is 224 g/mol. The van der Waals surface area contributed by atoms with E-state index >= 15 is 0 Å². The van der Waals surface area contributed by atoms with E-state index in [0.717, 1.165) is 31.2 Å². The summed E-state index contributed by atoms with van der Waals surface area (Å²) in [6.45, 7) is 0. The van der Waals surface area contributed by atoms with E-state index in [9.17, 15) is 5.11 Å². The maximum absolute atomic E-state index is 10.5. The number of methoxy groups -OCH3 is 1. The average Bonchev–Trinajstić information content (AvgIpc) is 2.63. The monoisotopic (exact) mass is 224 g/mol. The molecule has 0 radical (unpaired) electrons. The Bertz CT molecular complexity index is 351. The Morgan fingerprint density at radius 3 is 3.12 bits per heavy atom. The van der Waals surface area contributed by atoms with E-state index in [1.54, 1.807) is 11.8 Å². The molecule has 0 bridgehead atoms. The molecule has 16 heavy (non-hydrogen) atoms. The topological polar surface area (TPSA) is 47.3 Å². The Labute approximate surface area is 96.2 Å². The maximum atomic E-state index is 10.5.